The van der Waals surface area contributed by atoms with Crippen molar-refractivity contribution in [1.29, 1.82) is 0 Å². The monoisotopic (exact) mass is 444 g/mol. The molecule has 0 aromatic heterocycles. The summed E-state index contributed by atoms with van der Waals surface area (Å²) >= 11 is 7.93. The number of carbonyl (C=O) groups excluding carboxylic acids is 1. The molecule has 0 atom stereocenters. The molecular weight excluding hydrogens is 431 g/mol. The Morgan fingerprint density at radius 3 is 2.87 bits per heavy atom. The fourth-order valence-corrected chi connectivity index (χ4v) is 2.33. The van der Waals surface area contributed by atoms with Crippen LogP contribution in [0.4, 0.5) is 0 Å². The van der Waals surface area contributed by atoms with E-state index in [4.69, 9.17) is 16.3 Å². The van der Waals surface area contributed by atoms with E-state index in [9.17, 15) is 9.90 Å². The fourth-order valence-electron chi connectivity index (χ4n) is 1.67. The van der Waals surface area contributed by atoms with E-state index in [0.717, 1.165) is 11.1 Å². The number of nitrogens with zero attached hydrogens (tertiary/aromatic N) is 1. The van der Waals surface area contributed by atoms with E-state index in [2.05, 4.69) is 10.5 Å². The van der Waals surface area contributed by atoms with Crippen LogP contribution in [0.5, 0.6) is 11.5 Å². The minimum Gasteiger partial charge on any atom is -0.507 e. The Bertz CT molecular complexity index is 750. The van der Waals surface area contributed by atoms with Crippen LogP contribution in [-0.4, -0.2) is 23.8 Å². The second kappa shape index (κ2) is 8.16. The van der Waals surface area contributed by atoms with Gasteiger partial charge in [-0.15, -0.1) is 0 Å². The van der Waals surface area contributed by atoms with Gasteiger partial charge in [-0.1, -0.05) is 11.6 Å². The van der Waals surface area contributed by atoms with E-state index >= 15 is 0 Å². The number of aromatic hydroxyl groups is 1. The van der Waals surface area contributed by atoms with Crippen molar-refractivity contribution >= 4 is 46.3 Å². The second-order valence-electron chi connectivity index (χ2n) is 4.70. The number of hydrogen-bond acceptors (Lipinski definition) is 4. The lowest BCUT2D eigenvalue weighted by Gasteiger charge is -2.06. The molecule has 2 aromatic rings. The van der Waals surface area contributed by atoms with Gasteiger partial charge in [-0.25, -0.2) is 5.43 Å². The number of aryl methyl sites for hydroxylation is 1. The van der Waals surface area contributed by atoms with Gasteiger partial charge >= 0.3 is 0 Å². The molecule has 0 radical (unpaired) electrons. The van der Waals surface area contributed by atoms with Gasteiger partial charge in [0.15, 0.2) is 6.61 Å². The van der Waals surface area contributed by atoms with Gasteiger partial charge in [-0.05, 0) is 77.0 Å². The number of hydrazone groups is 1. The molecule has 120 valence electrons. The summed E-state index contributed by atoms with van der Waals surface area (Å²) in [5.74, 6) is 0.403. The van der Waals surface area contributed by atoms with E-state index in [-0.39, 0.29) is 18.3 Å². The molecule has 0 aliphatic heterocycles. The maximum absolute atomic E-state index is 11.7. The largest absolute Gasteiger partial charge is 0.507 e. The molecule has 2 N–H and O–H groups in total. The summed E-state index contributed by atoms with van der Waals surface area (Å²) in [6.07, 6.45) is 1.49. The summed E-state index contributed by atoms with van der Waals surface area (Å²) < 4.78 is 6.07. The Labute approximate surface area is 152 Å². The molecule has 0 saturated heterocycles. The molecule has 5 nitrogen and oxygen atoms in total. The zero-order chi connectivity index (χ0) is 16.8. The summed E-state index contributed by atoms with van der Waals surface area (Å²) in [6.45, 7) is 1.71. The fraction of sp³-hybridized carbons (Fsp3) is 0.125. The summed E-state index contributed by atoms with van der Waals surface area (Å²) in [5, 5.41) is 13.9. The third-order valence-corrected chi connectivity index (χ3v) is 4.16. The highest BCUT2D eigenvalue weighted by Gasteiger charge is 2.03. The SMILES string of the molecule is Cc1cc(OCC(=O)N/N=C/c2ccc(O)c(I)c2)ccc1Cl. The van der Waals surface area contributed by atoms with Crippen LogP contribution in [0, 0.1) is 10.5 Å². The molecule has 0 spiro atoms. The topological polar surface area (TPSA) is 70.9 Å². The molecule has 2 aromatic carbocycles. The third-order valence-electron chi connectivity index (χ3n) is 2.87. The molecule has 2 rings (SSSR count). The van der Waals surface area contributed by atoms with E-state index in [1.54, 1.807) is 36.4 Å². The lowest BCUT2D eigenvalue weighted by molar-refractivity contribution is -0.123. The van der Waals surface area contributed by atoms with Crippen LogP contribution in [0.1, 0.15) is 11.1 Å². The number of phenolic OH excluding ortho intramolecular Hbond substituents is 1. The molecule has 0 heterocycles. The Balaban J connectivity index is 1.83. The molecule has 0 bridgehead atoms. The van der Waals surface area contributed by atoms with Crippen molar-refractivity contribution in [3.05, 3.63) is 56.1 Å². The van der Waals surface area contributed by atoms with Gasteiger partial charge in [-0.2, -0.15) is 5.10 Å². The van der Waals surface area contributed by atoms with E-state index < -0.39 is 0 Å². The van der Waals surface area contributed by atoms with Crippen LogP contribution in [0.2, 0.25) is 5.02 Å². The van der Waals surface area contributed by atoms with E-state index in [1.165, 1.54) is 6.21 Å². The lowest BCUT2D eigenvalue weighted by atomic mass is 10.2. The minimum atomic E-state index is -0.373. The molecule has 0 unspecified atom stereocenters. The molecule has 23 heavy (non-hydrogen) atoms. The van der Waals surface area contributed by atoms with E-state index in [1.807, 2.05) is 29.5 Å². The van der Waals surface area contributed by atoms with Crippen molar-refractivity contribution in [2.75, 3.05) is 6.61 Å². The Morgan fingerprint density at radius 2 is 2.17 bits per heavy atom. The normalized spacial score (nSPS) is 10.7. The average Bonchev–Trinajstić information content (AvgIpc) is 2.52. The average molecular weight is 445 g/mol. The highest BCUT2D eigenvalue weighted by atomic mass is 127. The second-order valence-corrected chi connectivity index (χ2v) is 6.27. The maximum atomic E-state index is 11.7. The maximum Gasteiger partial charge on any atom is 0.277 e. The zero-order valence-corrected chi connectivity index (χ0v) is 15.1. The lowest BCUT2D eigenvalue weighted by Crippen LogP contribution is -2.24. The third kappa shape index (κ3) is 5.40. The van der Waals surface area contributed by atoms with Crippen molar-refractivity contribution in [1.82, 2.24) is 5.43 Å². The number of benzene rings is 2. The van der Waals surface area contributed by atoms with Crippen molar-refractivity contribution in [3.63, 3.8) is 0 Å². The Morgan fingerprint density at radius 1 is 1.39 bits per heavy atom. The number of rotatable bonds is 5. The van der Waals surface area contributed by atoms with Crippen LogP contribution in [0.15, 0.2) is 41.5 Å². The van der Waals surface area contributed by atoms with Gasteiger partial charge in [0.25, 0.3) is 5.91 Å². The molecule has 0 aliphatic carbocycles. The first-order valence-corrected chi connectivity index (χ1v) is 8.11. The van der Waals surface area contributed by atoms with Gasteiger partial charge < -0.3 is 9.84 Å². The van der Waals surface area contributed by atoms with Crippen LogP contribution in [0.3, 0.4) is 0 Å². The van der Waals surface area contributed by atoms with Crippen molar-refractivity contribution in [2.24, 2.45) is 5.10 Å². The summed E-state index contributed by atoms with van der Waals surface area (Å²) in [6, 6.07) is 10.2. The van der Waals surface area contributed by atoms with Crippen molar-refractivity contribution in [2.45, 2.75) is 6.92 Å². The number of phenols is 1. The molecule has 0 fully saturated rings. The van der Waals surface area contributed by atoms with Crippen LogP contribution in [0.25, 0.3) is 0 Å². The number of nitrogens with one attached hydrogen (secondary N) is 1. The Hall–Kier alpha value is -1.80. The number of hydrogen-bond donors (Lipinski definition) is 2. The highest BCUT2D eigenvalue weighted by molar-refractivity contribution is 14.1. The van der Waals surface area contributed by atoms with Gasteiger partial charge in [0, 0.05) is 5.02 Å². The van der Waals surface area contributed by atoms with E-state index in [0.29, 0.717) is 14.3 Å². The first kappa shape index (κ1) is 17.6. The predicted molar refractivity (Wildman–Crippen MR) is 98.2 cm³/mol. The minimum absolute atomic E-state index is 0.147. The van der Waals surface area contributed by atoms with Gasteiger partial charge in [0.1, 0.15) is 11.5 Å². The standard InChI is InChI=1S/C16H14ClIN2O3/c1-10-6-12(3-4-13(10)17)23-9-16(22)20-19-8-11-2-5-15(21)14(18)7-11/h2-8,21H,9H2,1H3,(H,20,22)/b19-8+. The predicted octanol–water partition coefficient (Wildman–Crippen LogP) is 3.49. The van der Waals surface area contributed by atoms with Crippen LogP contribution < -0.4 is 10.2 Å². The van der Waals surface area contributed by atoms with Crippen LogP contribution >= 0.6 is 34.2 Å². The number of halogens is 2. The van der Waals surface area contributed by atoms with Gasteiger partial charge in [-0.3, -0.25) is 4.79 Å². The van der Waals surface area contributed by atoms with Gasteiger partial charge in [0.05, 0.1) is 9.78 Å². The molecule has 0 aliphatic rings. The summed E-state index contributed by atoms with van der Waals surface area (Å²) in [7, 11) is 0. The molecular formula is C16H14ClIN2O3. The van der Waals surface area contributed by atoms with Crippen molar-refractivity contribution in [3.8, 4) is 11.5 Å². The summed E-state index contributed by atoms with van der Waals surface area (Å²) in [5.41, 5.74) is 4.02. The number of amides is 1. The zero-order valence-electron chi connectivity index (χ0n) is 12.2. The molecule has 7 heteroatoms. The quantitative estimate of drug-likeness (QED) is 0.421. The highest BCUT2D eigenvalue weighted by Crippen LogP contribution is 2.21. The Kier molecular flexibility index (Phi) is 6.23. The first-order valence-electron chi connectivity index (χ1n) is 6.65. The smallest absolute Gasteiger partial charge is 0.277 e. The molecule has 0 saturated carbocycles. The number of ether oxygens (including phenoxy) is 1. The van der Waals surface area contributed by atoms with Gasteiger partial charge in [0.2, 0.25) is 0 Å². The summed E-state index contributed by atoms with van der Waals surface area (Å²) in [4.78, 5) is 11.7. The first-order chi connectivity index (χ1) is 11.0. The molecule has 1 amide bonds. The number of carbonyl (C=O) groups is 1. The van der Waals surface area contributed by atoms with Crippen LogP contribution in [-0.2, 0) is 4.79 Å². The van der Waals surface area contributed by atoms with Crippen molar-refractivity contribution < 1.29 is 14.6 Å².